The topological polar surface area (TPSA) is 71.5 Å². The molecule has 1 N–H and O–H groups in total. The maximum atomic E-state index is 12.7. The van der Waals surface area contributed by atoms with Crippen LogP contribution in [0.5, 0.6) is 5.75 Å². The lowest BCUT2D eigenvalue weighted by Gasteiger charge is -2.29. The van der Waals surface area contributed by atoms with Crippen molar-refractivity contribution in [2.75, 3.05) is 6.54 Å². The monoisotopic (exact) mass is 381 g/mol. The van der Waals surface area contributed by atoms with Gasteiger partial charge in [0.25, 0.3) is 0 Å². The fraction of sp³-hybridized carbons (Fsp3) is 0.409. The molecule has 1 aromatic heterocycles. The Morgan fingerprint density at radius 2 is 2.11 bits per heavy atom. The summed E-state index contributed by atoms with van der Waals surface area (Å²) < 4.78 is 5.79. The molecular formula is C22H27N3O3. The van der Waals surface area contributed by atoms with Gasteiger partial charge in [-0.15, -0.1) is 0 Å². The first kappa shape index (κ1) is 19.9. The number of ether oxygens (including phenoxy) is 1. The number of pyridine rings is 1. The molecule has 0 aliphatic carbocycles. The molecule has 1 saturated heterocycles. The van der Waals surface area contributed by atoms with Crippen LogP contribution in [0, 0.1) is 5.92 Å². The molecule has 1 aromatic carbocycles. The molecule has 28 heavy (non-hydrogen) atoms. The minimum atomic E-state index is -0.418. The van der Waals surface area contributed by atoms with Crippen LogP contribution in [0.4, 0.5) is 0 Å². The summed E-state index contributed by atoms with van der Waals surface area (Å²) >= 11 is 0. The van der Waals surface area contributed by atoms with Crippen LogP contribution in [-0.2, 0) is 22.7 Å². The molecule has 6 nitrogen and oxygen atoms in total. The Balaban J connectivity index is 1.57. The smallest absolute Gasteiger partial charge is 0.243 e. The zero-order valence-electron chi connectivity index (χ0n) is 16.4. The van der Waals surface area contributed by atoms with Crippen molar-refractivity contribution >= 4 is 11.8 Å². The Morgan fingerprint density at radius 1 is 1.25 bits per heavy atom. The third kappa shape index (κ3) is 5.09. The van der Waals surface area contributed by atoms with Gasteiger partial charge in [-0.2, -0.15) is 0 Å². The fourth-order valence-electron chi connectivity index (χ4n) is 3.45. The number of benzene rings is 1. The van der Waals surface area contributed by atoms with Crippen molar-refractivity contribution in [2.45, 2.75) is 45.9 Å². The van der Waals surface area contributed by atoms with E-state index in [0.717, 1.165) is 23.4 Å². The SMILES string of the molecule is CC(C)C(C(=O)NCc1cccc(OCc2ccccn2)c1)N1CCCC1=O. The van der Waals surface area contributed by atoms with E-state index in [9.17, 15) is 9.59 Å². The first-order chi connectivity index (χ1) is 13.5. The molecule has 1 aliphatic rings. The molecule has 0 radical (unpaired) electrons. The van der Waals surface area contributed by atoms with E-state index in [4.69, 9.17) is 4.74 Å². The lowest BCUT2D eigenvalue weighted by molar-refractivity contribution is -0.139. The molecule has 0 bridgehead atoms. The lowest BCUT2D eigenvalue weighted by Crippen LogP contribution is -2.50. The number of amides is 2. The predicted molar refractivity (Wildman–Crippen MR) is 106 cm³/mol. The van der Waals surface area contributed by atoms with Gasteiger partial charge >= 0.3 is 0 Å². The standard InChI is InChI=1S/C22H27N3O3/c1-16(2)21(25-12-6-10-20(25)26)22(27)24-14-17-7-5-9-19(13-17)28-15-18-8-3-4-11-23-18/h3-5,7-9,11,13,16,21H,6,10,12,14-15H2,1-2H3,(H,24,27). The molecule has 1 unspecified atom stereocenters. The molecule has 148 valence electrons. The average Bonchev–Trinajstić information content (AvgIpc) is 3.11. The number of likely N-dealkylation sites (tertiary alicyclic amines) is 1. The number of hydrogen-bond acceptors (Lipinski definition) is 4. The quantitative estimate of drug-likeness (QED) is 0.763. The third-order valence-electron chi connectivity index (χ3n) is 4.82. The van der Waals surface area contributed by atoms with Crippen LogP contribution in [0.3, 0.4) is 0 Å². The second-order valence-corrected chi connectivity index (χ2v) is 7.35. The third-order valence-corrected chi connectivity index (χ3v) is 4.82. The van der Waals surface area contributed by atoms with Crippen LogP contribution < -0.4 is 10.1 Å². The Labute approximate surface area is 165 Å². The van der Waals surface area contributed by atoms with Gasteiger partial charge in [0.15, 0.2) is 0 Å². The molecule has 2 heterocycles. The molecule has 2 amide bonds. The Morgan fingerprint density at radius 3 is 2.79 bits per heavy atom. The summed E-state index contributed by atoms with van der Waals surface area (Å²) in [5.74, 6) is 0.756. The van der Waals surface area contributed by atoms with Crippen LogP contribution in [0.15, 0.2) is 48.7 Å². The Bertz CT molecular complexity index is 808. The zero-order valence-corrected chi connectivity index (χ0v) is 16.4. The molecule has 6 heteroatoms. The highest BCUT2D eigenvalue weighted by Gasteiger charge is 2.34. The van der Waals surface area contributed by atoms with Gasteiger partial charge in [-0.25, -0.2) is 0 Å². The summed E-state index contributed by atoms with van der Waals surface area (Å²) in [6, 6.07) is 12.9. The Hall–Kier alpha value is -2.89. The van der Waals surface area contributed by atoms with Crippen LogP contribution in [0.1, 0.15) is 37.9 Å². The van der Waals surface area contributed by atoms with Crippen molar-refractivity contribution < 1.29 is 14.3 Å². The van der Waals surface area contributed by atoms with E-state index in [1.54, 1.807) is 11.1 Å². The van der Waals surface area contributed by atoms with E-state index in [1.807, 2.05) is 56.3 Å². The van der Waals surface area contributed by atoms with Gasteiger partial charge in [-0.3, -0.25) is 14.6 Å². The maximum absolute atomic E-state index is 12.7. The number of aromatic nitrogens is 1. The van der Waals surface area contributed by atoms with Gasteiger partial charge in [-0.1, -0.05) is 32.0 Å². The lowest BCUT2D eigenvalue weighted by atomic mass is 10.0. The second-order valence-electron chi connectivity index (χ2n) is 7.35. The van der Waals surface area contributed by atoms with Gasteiger partial charge in [0.05, 0.1) is 5.69 Å². The van der Waals surface area contributed by atoms with Crippen LogP contribution in [-0.4, -0.2) is 34.3 Å². The molecule has 0 saturated carbocycles. The van der Waals surface area contributed by atoms with Gasteiger partial charge < -0.3 is 15.0 Å². The van der Waals surface area contributed by atoms with E-state index in [2.05, 4.69) is 10.3 Å². The highest BCUT2D eigenvalue weighted by molar-refractivity contribution is 5.88. The first-order valence-electron chi connectivity index (χ1n) is 9.73. The molecule has 1 aliphatic heterocycles. The van der Waals surface area contributed by atoms with Crippen molar-refractivity contribution in [1.82, 2.24) is 15.2 Å². The largest absolute Gasteiger partial charge is 0.487 e. The van der Waals surface area contributed by atoms with E-state index in [0.29, 0.717) is 26.1 Å². The number of carbonyl (C=O) groups is 2. The van der Waals surface area contributed by atoms with E-state index in [1.165, 1.54) is 0 Å². The first-order valence-corrected chi connectivity index (χ1v) is 9.73. The number of carbonyl (C=O) groups excluding carboxylic acids is 2. The molecule has 0 spiro atoms. The summed E-state index contributed by atoms with van der Waals surface area (Å²) in [5.41, 5.74) is 1.80. The molecule has 2 aromatic rings. The summed E-state index contributed by atoms with van der Waals surface area (Å²) in [4.78, 5) is 30.8. The number of nitrogens with one attached hydrogen (secondary N) is 1. The number of rotatable bonds is 8. The average molecular weight is 381 g/mol. The van der Waals surface area contributed by atoms with Crippen molar-refractivity contribution in [3.63, 3.8) is 0 Å². The van der Waals surface area contributed by atoms with Gasteiger partial charge in [-0.05, 0) is 42.2 Å². The molecular weight excluding hydrogens is 354 g/mol. The zero-order chi connectivity index (χ0) is 19.9. The van der Waals surface area contributed by atoms with Gasteiger partial charge in [0, 0.05) is 25.7 Å². The number of nitrogens with zero attached hydrogens (tertiary/aromatic N) is 2. The van der Waals surface area contributed by atoms with Gasteiger partial charge in [0.1, 0.15) is 18.4 Å². The predicted octanol–water partition coefficient (Wildman–Crippen LogP) is 2.92. The van der Waals surface area contributed by atoms with Gasteiger partial charge in [0.2, 0.25) is 11.8 Å². The molecule has 1 fully saturated rings. The highest BCUT2D eigenvalue weighted by Crippen LogP contribution is 2.20. The number of hydrogen-bond donors (Lipinski definition) is 1. The highest BCUT2D eigenvalue weighted by atomic mass is 16.5. The van der Waals surface area contributed by atoms with Crippen molar-refractivity contribution in [3.05, 3.63) is 59.9 Å². The van der Waals surface area contributed by atoms with Crippen LogP contribution in [0.2, 0.25) is 0 Å². The molecule has 3 rings (SSSR count). The van der Waals surface area contributed by atoms with E-state index in [-0.39, 0.29) is 17.7 Å². The summed E-state index contributed by atoms with van der Waals surface area (Å²) in [6.45, 7) is 5.39. The molecule has 1 atom stereocenters. The van der Waals surface area contributed by atoms with Crippen LogP contribution in [0.25, 0.3) is 0 Å². The van der Waals surface area contributed by atoms with Crippen molar-refractivity contribution in [3.8, 4) is 5.75 Å². The van der Waals surface area contributed by atoms with Crippen molar-refractivity contribution in [1.29, 1.82) is 0 Å². The minimum absolute atomic E-state index is 0.0649. The Kier molecular flexibility index (Phi) is 6.63. The maximum Gasteiger partial charge on any atom is 0.243 e. The second kappa shape index (κ2) is 9.35. The van der Waals surface area contributed by atoms with E-state index < -0.39 is 6.04 Å². The van der Waals surface area contributed by atoms with Crippen molar-refractivity contribution in [2.24, 2.45) is 5.92 Å². The minimum Gasteiger partial charge on any atom is -0.487 e. The summed E-state index contributed by atoms with van der Waals surface area (Å²) in [5, 5.41) is 2.98. The fourth-order valence-corrected chi connectivity index (χ4v) is 3.45. The summed E-state index contributed by atoms with van der Waals surface area (Å²) in [7, 11) is 0. The van der Waals surface area contributed by atoms with Crippen LogP contribution >= 0.6 is 0 Å². The summed E-state index contributed by atoms with van der Waals surface area (Å²) in [6.07, 6.45) is 3.10. The van der Waals surface area contributed by atoms with E-state index >= 15 is 0 Å². The normalized spacial score (nSPS) is 15.0.